The smallest absolute Gasteiger partial charge is 0.137 e. The summed E-state index contributed by atoms with van der Waals surface area (Å²) in [5.74, 6) is 0.460. The van der Waals surface area contributed by atoms with Gasteiger partial charge in [0.05, 0.1) is 11.7 Å². The number of piperidine rings is 2. The Hall–Kier alpha value is -2.19. The van der Waals surface area contributed by atoms with E-state index >= 15 is 0 Å². The third kappa shape index (κ3) is 5.54. The van der Waals surface area contributed by atoms with Gasteiger partial charge < -0.3 is 25.0 Å². The lowest BCUT2D eigenvalue weighted by Crippen LogP contribution is -2.62. The molecule has 2 aromatic rings. The molecule has 2 saturated heterocycles. The van der Waals surface area contributed by atoms with Crippen molar-refractivity contribution in [3.63, 3.8) is 0 Å². The summed E-state index contributed by atoms with van der Waals surface area (Å²) in [5, 5.41) is 33.2. The van der Waals surface area contributed by atoms with Crippen LogP contribution < -0.4 is 9.64 Å². The van der Waals surface area contributed by atoms with Crippen molar-refractivity contribution in [2.75, 3.05) is 44.2 Å². The lowest BCUT2D eigenvalue weighted by atomic mass is 9.86. The number of anilines is 1. The van der Waals surface area contributed by atoms with Crippen LogP contribution in [-0.2, 0) is 0 Å². The molecule has 7 heteroatoms. The van der Waals surface area contributed by atoms with Crippen molar-refractivity contribution in [2.45, 2.75) is 57.3 Å². The molecule has 2 atom stereocenters. The van der Waals surface area contributed by atoms with Gasteiger partial charge in [-0.1, -0.05) is 12.1 Å². The second-order valence-corrected chi connectivity index (χ2v) is 10.3. The SMILES string of the molecule is Cc1cc(C)c(C)c(OC[C@@]2(O)CN(CC3(O)CCN(c4cccc(F)c4)CC3)CC[C@@H]2O)c1. The van der Waals surface area contributed by atoms with Crippen LogP contribution in [0.1, 0.15) is 36.0 Å². The number of likely N-dealkylation sites (tertiary alicyclic amines) is 1. The normalized spacial score (nSPS) is 25.4. The summed E-state index contributed by atoms with van der Waals surface area (Å²) in [7, 11) is 0. The number of β-amino-alcohol motifs (C(OH)–C–C–N with tert-alkyl or cyclic N) is 2. The van der Waals surface area contributed by atoms with Crippen LogP contribution in [0.25, 0.3) is 0 Å². The lowest BCUT2D eigenvalue weighted by Gasteiger charge is -2.46. The van der Waals surface area contributed by atoms with Gasteiger partial charge in [-0.25, -0.2) is 4.39 Å². The summed E-state index contributed by atoms with van der Waals surface area (Å²) in [6.45, 7) is 8.53. The van der Waals surface area contributed by atoms with Crippen LogP contribution in [0.2, 0.25) is 0 Å². The number of hydrogen-bond donors (Lipinski definition) is 3. The highest BCUT2D eigenvalue weighted by atomic mass is 19.1. The van der Waals surface area contributed by atoms with E-state index in [4.69, 9.17) is 4.74 Å². The fourth-order valence-corrected chi connectivity index (χ4v) is 5.20. The van der Waals surface area contributed by atoms with Crippen LogP contribution in [-0.4, -0.2) is 76.9 Å². The van der Waals surface area contributed by atoms with Crippen molar-refractivity contribution in [1.29, 1.82) is 0 Å². The van der Waals surface area contributed by atoms with Gasteiger partial charge in [-0.05, 0) is 81.0 Å². The fraction of sp³-hybridized carbons (Fsp3) is 0.556. The van der Waals surface area contributed by atoms with E-state index in [1.165, 1.54) is 12.1 Å². The minimum absolute atomic E-state index is 0.0137. The monoisotopic (exact) mass is 472 g/mol. The lowest BCUT2D eigenvalue weighted by molar-refractivity contribution is -0.149. The molecular formula is C27H37FN2O4. The maximum Gasteiger partial charge on any atom is 0.137 e. The first-order chi connectivity index (χ1) is 16.1. The molecule has 6 nitrogen and oxygen atoms in total. The number of rotatable bonds is 6. The molecule has 4 rings (SSSR count). The molecule has 2 heterocycles. The number of halogens is 1. The first-order valence-corrected chi connectivity index (χ1v) is 12.1. The maximum absolute atomic E-state index is 13.6. The van der Waals surface area contributed by atoms with Gasteiger partial charge in [0.1, 0.15) is 23.8 Å². The maximum atomic E-state index is 13.6. The standard InChI is InChI=1S/C27H37FN2O4/c1-19-13-20(2)21(3)24(14-19)34-18-27(33)17-29(10-7-25(27)31)16-26(32)8-11-30(12-9-26)23-6-4-5-22(28)15-23/h4-6,13-15,25,31-33H,7-12,16-18H2,1-3H3/t25-,27-/m0/s1. The second-order valence-electron chi connectivity index (χ2n) is 10.3. The fourth-order valence-electron chi connectivity index (χ4n) is 5.20. The third-order valence-corrected chi connectivity index (χ3v) is 7.46. The van der Waals surface area contributed by atoms with Gasteiger partial charge in [0.2, 0.25) is 0 Å². The molecule has 0 saturated carbocycles. The molecule has 0 spiro atoms. The number of aliphatic hydroxyl groups excluding tert-OH is 1. The Balaban J connectivity index is 1.36. The van der Waals surface area contributed by atoms with Crippen molar-refractivity contribution in [2.24, 2.45) is 0 Å². The largest absolute Gasteiger partial charge is 0.490 e. The molecule has 0 unspecified atom stereocenters. The van der Waals surface area contributed by atoms with E-state index in [1.54, 1.807) is 6.07 Å². The van der Waals surface area contributed by atoms with Crippen LogP contribution in [0.3, 0.4) is 0 Å². The van der Waals surface area contributed by atoms with E-state index < -0.39 is 17.3 Å². The summed E-state index contributed by atoms with van der Waals surface area (Å²) in [5.41, 5.74) is 1.76. The van der Waals surface area contributed by atoms with Gasteiger partial charge in [0.25, 0.3) is 0 Å². The number of ether oxygens (including phenoxy) is 1. The second kappa shape index (κ2) is 9.82. The zero-order valence-electron chi connectivity index (χ0n) is 20.4. The Morgan fingerprint density at radius 2 is 1.79 bits per heavy atom. The Morgan fingerprint density at radius 1 is 1.06 bits per heavy atom. The number of aryl methyl sites for hydroxylation is 2. The Labute approximate surface area is 201 Å². The summed E-state index contributed by atoms with van der Waals surface area (Å²) in [4.78, 5) is 4.12. The van der Waals surface area contributed by atoms with E-state index in [0.717, 1.165) is 28.1 Å². The van der Waals surface area contributed by atoms with Crippen molar-refractivity contribution >= 4 is 5.69 Å². The van der Waals surface area contributed by atoms with E-state index in [-0.39, 0.29) is 19.0 Å². The van der Waals surface area contributed by atoms with Crippen molar-refractivity contribution in [3.8, 4) is 5.75 Å². The van der Waals surface area contributed by atoms with E-state index in [1.807, 2.05) is 37.8 Å². The highest BCUT2D eigenvalue weighted by molar-refractivity contribution is 5.47. The van der Waals surface area contributed by atoms with E-state index in [2.05, 4.69) is 11.0 Å². The Kier molecular flexibility index (Phi) is 7.20. The van der Waals surface area contributed by atoms with Gasteiger partial charge in [0.15, 0.2) is 0 Å². The Morgan fingerprint density at radius 3 is 2.50 bits per heavy atom. The number of aliphatic hydroxyl groups is 3. The molecule has 0 bridgehead atoms. The molecule has 0 aromatic heterocycles. The summed E-state index contributed by atoms with van der Waals surface area (Å²) >= 11 is 0. The molecule has 2 fully saturated rings. The van der Waals surface area contributed by atoms with Crippen LogP contribution in [0.4, 0.5) is 10.1 Å². The number of hydrogen-bond acceptors (Lipinski definition) is 6. The molecule has 0 radical (unpaired) electrons. The van der Waals surface area contributed by atoms with Gasteiger partial charge in [0, 0.05) is 38.4 Å². The molecular weight excluding hydrogens is 435 g/mol. The molecule has 2 aliphatic rings. The van der Waals surface area contributed by atoms with E-state index in [9.17, 15) is 19.7 Å². The van der Waals surface area contributed by atoms with Gasteiger partial charge in [-0.15, -0.1) is 0 Å². The van der Waals surface area contributed by atoms with Crippen molar-refractivity contribution < 1.29 is 24.4 Å². The highest BCUT2D eigenvalue weighted by Crippen LogP contribution is 2.31. The third-order valence-electron chi connectivity index (χ3n) is 7.46. The molecule has 2 aliphatic heterocycles. The minimum atomic E-state index is -1.42. The summed E-state index contributed by atoms with van der Waals surface area (Å²) in [6.07, 6.45) is 0.634. The zero-order chi connectivity index (χ0) is 24.5. The highest BCUT2D eigenvalue weighted by Gasteiger charge is 2.44. The van der Waals surface area contributed by atoms with Crippen LogP contribution >= 0.6 is 0 Å². The molecule has 0 amide bonds. The van der Waals surface area contributed by atoms with Crippen molar-refractivity contribution in [3.05, 3.63) is 58.9 Å². The van der Waals surface area contributed by atoms with Crippen LogP contribution in [0.15, 0.2) is 36.4 Å². The average molecular weight is 473 g/mol. The minimum Gasteiger partial charge on any atom is -0.490 e. The molecule has 2 aromatic carbocycles. The predicted octanol–water partition coefficient (Wildman–Crippen LogP) is 2.96. The van der Waals surface area contributed by atoms with Crippen LogP contribution in [0.5, 0.6) is 5.75 Å². The molecule has 3 N–H and O–H groups in total. The quantitative estimate of drug-likeness (QED) is 0.600. The first kappa shape index (κ1) is 24.9. The van der Waals surface area contributed by atoms with Gasteiger partial charge in [-0.3, -0.25) is 4.90 Å². The zero-order valence-corrected chi connectivity index (χ0v) is 20.4. The van der Waals surface area contributed by atoms with Crippen LogP contribution in [0, 0.1) is 26.6 Å². The Bertz CT molecular complexity index is 1010. The molecule has 0 aliphatic carbocycles. The number of benzene rings is 2. The van der Waals surface area contributed by atoms with E-state index in [0.29, 0.717) is 45.4 Å². The summed E-state index contributed by atoms with van der Waals surface area (Å²) in [6, 6.07) is 10.6. The number of nitrogens with zero attached hydrogens (tertiary/aromatic N) is 2. The summed E-state index contributed by atoms with van der Waals surface area (Å²) < 4.78 is 19.6. The molecule has 34 heavy (non-hydrogen) atoms. The van der Waals surface area contributed by atoms with Gasteiger partial charge >= 0.3 is 0 Å². The first-order valence-electron chi connectivity index (χ1n) is 12.1. The van der Waals surface area contributed by atoms with Gasteiger partial charge in [-0.2, -0.15) is 0 Å². The topological polar surface area (TPSA) is 76.4 Å². The van der Waals surface area contributed by atoms with Crippen molar-refractivity contribution in [1.82, 2.24) is 4.90 Å². The predicted molar refractivity (Wildman–Crippen MR) is 131 cm³/mol. The average Bonchev–Trinajstić information content (AvgIpc) is 2.78. The molecule has 186 valence electrons.